The van der Waals surface area contributed by atoms with Gasteiger partial charge in [-0.25, -0.2) is 0 Å². The first kappa shape index (κ1) is 19.8. The maximum Gasteiger partial charge on any atom is 0.280 e. The topological polar surface area (TPSA) is 97.1 Å². The molecule has 0 N–H and O–H groups in total. The SMILES string of the molecule is COc1ccc(C(=O)C=Cc2cc(OC)c(OC)cc2[N+](=O)[O-])cc1OC. The van der Waals surface area contributed by atoms with Crippen LogP contribution in [0.4, 0.5) is 5.69 Å². The van der Waals surface area contributed by atoms with Crippen LogP contribution < -0.4 is 18.9 Å². The predicted octanol–water partition coefficient (Wildman–Crippen LogP) is 3.53. The Morgan fingerprint density at radius 2 is 1.44 bits per heavy atom. The fraction of sp³-hybridized carbons (Fsp3) is 0.211. The molecule has 2 aromatic carbocycles. The highest BCUT2D eigenvalue weighted by Crippen LogP contribution is 2.35. The Balaban J connectivity index is 2.39. The molecule has 0 spiro atoms. The van der Waals surface area contributed by atoms with Crippen molar-refractivity contribution in [3.63, 3.8) is 0 Å². The van der Waals surface area contributed by atoms with Crippen LogP contribution in [0.3, 0.4) is 0 Å². The number of nitro groups is 1. The third kappa shape index (κ3) is 4.35. The van der Waals surface area contributed by atoms with Crippen LogP contribution in [0.2, 0.25) is 0 Å². The number of rotatable bonds is 8. The first-order valence-electron chi connectivity index (χ1n) is 7.80. The molecule has 0 aliphatic rings. The van der Waals surface area contributed by atoms with Crippen molar-refractivity contribution >= 4 is 17.5 Å². The van der Waals surface area contributed by atoms with E-state index in [0.717, 1.165) is 0 Å². The Kier molecular flexibility index (Phi) is 6.37. The summed E-state index contributed by atoms with van der Waals surface area (Å²) >= 11 is 0. The lowest BCUT2D eigenvalue weighted by Crippen LogP contribution is -1.99. The van der Waals surface area contributed by atoms with Crippen molar-refractivity contribution in [2.75, 3.05) is 28.4 Å². The standard InChI is InChI=1S/C19H19NO7/c1-24-16-8-6-13(10-17(16)25-2)15(21)7-5-12-9-18(26-3)19(27-4)11-14(12)20(22)23/h5-11H,1-4H3. The second-order valence-corrected chi connectivity index (χ2v) is 5.29. The number of allylic oxidation sites excluding steroid dienone is 1. The van der Waals surface area contributed by atoms with E-state index in [1.807, 2.05) is 0 Å². The third-order valence-electron chi connectivity index (χ3n) is 3.81. The lowest BCUT2D eigenvalue weighted by Gasteiger charge is -2.09. The van der Waals surface area contributed by atoms with Crippen LogP contribution >= 0.6 is 0 Å². The molecule has 0 fully saturated rings. The van der Waals surface area contributed by atoms with Gasteiger partial charge in [0.15, 0.2) is 28.8 Å². The molecule has 0 heterocycles. The van der Waals surface area contributed by atoms with Crippen LogP contribution in [0.5, 0.6) is 23.0 Å². The van der Waals surface area contributed by atoms with Crippen LogP contribution in [0, 0.1) is 10.1 Å². The Hall–Kier alpha value is -3.55. The molecule has 0 saturated heterocycles. The number of ketones is 1. The second-order valence-electron chi connectivity index (χ2n) is 5.29. The monoisotopic (exact) mass is 373 g/mol. The van der Waals surface area contributed by atoms with Gasteiger partial charge in [-0.2, -0.15) is 0 Å². The fourth-order valence-corrected chi connectivity index (χ4v) is 2.43. The number of carbonyl (C=O) groups is 1. The summed E-state index contributed by atoms with van der Waals surface area (Å²) in [6.45, 7) is 0. The molecular weight excluding hydrogens is 354 g/mol. The van der Waals surface area contributed by atoms with Gasteiger partial charge in [0.2, 0.25) is 0 Å². The molecule has 0 aliphatic heterocycles. The molecule has 0 aromatic heterocycles. The summed E-state index contributed by atoms with van der Waals surface area (Å²) in [6.07, 6.45) is 2.61. The number of nitro benzene ring substituents is 1. The summed E-state index contributed by atoms with van der Waals surface area (Å²) in [4.78, 5) is 23.2. The fourth-order valence-electron chi connectivity index (χ4n) is 2.43. The average Bonchev–Trinajstić information content (AvgIpc) is 2.70. The summed E-state index contributed by atoms with van der Waals surface area (Å²) in [5, 5.41) is 11.3. The number of nitrogens with zero attached hydrogens (tertiary/aromatic N) is 1. The van der Waals surface area contributed by atoms with Crippen LogP contribution in [-0.2, 0) is 0 Å². The maximum atomic E-state index is 12.4. The van der Waals surface area contributed by atoms with Crippen LogP contribution in [0.1, 0.15) is 15.9 Å². The lowest BCUT2D eigenvalue weighted by atomic mass is 10.1. The van der Waals surface area contributed by atoms with E-state index in [1.165, 1.54) is 58.8 Å². The molecule has 27 heavy (non-hydrogen) atoms. The van der Waals surface area contributed by atoms with E-state index in [-0.39, 0.29) is 22.8 Å². The minimum Gasteiger partial charge on any atom is -0.493 e. The lowest BCUT2D eigenvalue weighted by molar-refractivity contribution is -0.385. The first-order chi connectivity index (χ1) is 12.9. The van der Waals surface area contributed by atoms with Gasteiger partial charge in [0.05, 0.1) is 45.0 Å². The molecule has 0 atom stereocenters. The zero-order valence-electron chi connectivity index (χ0n) is 15.3. The van der Waals surface area contributed by atoms with Crippen molar-refractivity contribution in [3.8, 4) is 23.0 Å². The molecule has 0 bridgehead atoms. The Bertz CT molecular complexity index is 890. The van der Waals surface area contributed by atoms with Crippen molar-refractivity contribution in [1.29, 1.82) is 0 Å². The first-order valence-corrected chi connectivity index (χ1v) is 7.80. The number of hydrogen-bond acceptors (Lipinski definition) is 7. The van der Waals surface area contributed by atoms with Crippen LogP contribution in [0.15, 0.2) is 36.4 Å². The highest BCUT2D eigenvalue weighted by atomic mass is 16.6. The molecule has 0 amide bonds. The third-order valence-corrected chi connectivity index (χ3v) is 3.81. The summed E-state index contributed by atoms with van der Waals surface area (Å²) in [5.74, 6) is 1.11. The normalized spacial score (nSPS) is 10.5. The van der Waals surface area contributed by atoms with E-state index in [2.05, 4.69) is 0 Å². The summed E-state index contributed by atoms with van der Waals surface area (Å²) in [6, 6.07) is 7.42. The molecule has 8 heteroatoms. The van der Waals surface area contributed by atoms with Crippen molar-refractivity contribution in [3.05, 3.63) is 57.6 Å². The molecule has 2 rings (SSSR count). The van der Waals surface area contributed by atoms with Gasteiger partial charge in [0.25, 0.3) is 5.69 Å². The summed E-state index contributed by atoms with van der Waals surface area (Å²) in [5.41, 5.74) is 0.363. The quantitative estimate of drug-likeness (QED) is 0.302. The molecule has 0 saturated carbocycles. The van der Waals surface area contributed by atoms with Crippen molar-refractivity contribution in [2.45, 2.75) is 0 Å². The smallest absolute Gasteiger partial charge is 0.280 e. The van der Waals surface area contributed by atoms with Crippen molar-refractivity contribution in [2.24, 2.45) is 0 Å². The van der Waals surface area contributed by atoms with Crippen molar-refractivity contribution < 1.29 is 28.7 Å². The second kappa shape index (κ2) is 8.70. The molecule has 8 nitrogen and oxygen atoms in total. The van der Waals surface area contributed by atoms with E-state index < -0.39 is 4.92 Å². The van der Waals surface area contributed by atoms with Crippen molar-refractivity contribution in [1.82, 2.24) is 0 Å². The largest absolute Gasteiger partial charge is 0.493 e. The van der Waals surface area contributed by atoms with Crippen LogP contribution in [-0.4, -0.2) is 39.1 Å². The molecule has 0 radical (unpaired) electrons. The number of ether oxygens (including phenoxy) is 4. The van der Waals surface area contributed by atoms with Gasteiger partial charge in [-0.1, -0.05) is 0 Å². The van der Waals surface area contributed by atoms with Crippen LogP contribution in [0.25, 0.3) is 6.08 Å². The molecule has 142 valence electrons. The number of benzene rings is 2. The van der Waals surface area contributed by atoms with Gasteiger partial charge >= 0.3 is 0 Å². The number of carbonyl (C=O) groups excluding carboxylic acids is 1. The van der Waals surface area contributed by atoms with Gasteiger partial charge < -0.3 is 18.9 Å². The Morgan fingerprint density at radius 1 is 0.889 bits per heavy atom. The molecule has 2 aromatic rings. The number of methoxy groups -OCH3 is 4. The van der Waals surface area contributed by atoms with E-state index in [0.29, 0.717) is 22.8 Å². The molecular formula is C19H19NO7. The Labute approximate surface area is 156 Å². The van der Waals surface area contributed by atoms with E-state index in [1.54, 1.807) is 12.1 Å². The highest BCUT2D eigenvalue weighted by Gasteiger charge is 2.18. The van der Waals surface area contributed by atoms with E-state index >= 15 is 0 Å². The summed E-state index contributed by atoms with van der Waals surface area (Å²) in [7, 11) is 5.77. The predicted molar refractivity (Wildman–Crippen MR) is 99.1 cm³/mol. The molecule has 0 aliphatic carbocycles. The zero-order chi connectivity index (χ0) is 20.0. The van der Waals surface area contributed by atoms with Gasteiger partial charge in [-0.3, -0.25) is 14.9 Å². The Morgan fingerprint density at radius 3 is 2.00 bits per heavy atom. The maximum absolute atomic E-state index is 12.4. The van der Waals surface area contributed by atoms with Gasteiger partial charge in [0, 0.05) is 5.56 Å². The van der Waals surface area contributed by atoms with Gasteiger partial charge in [-0.05, 0) is 36.4 Å². The van der Waals surface area contributed by atoms with E-state index in [4.69, 9.17) is 18.9 Å². The summed E-state index contributed by atoms with van der Waals surface area (Å²) < 4.78 is 20.5. The van der Waals surface area contributed by atoms with Gasteiger partial charge in [0.1, 0.15) is 0 Å². The zero-order valence-corrected chi connectivity index (χ0v) is 15.3. The minimum atomic E-state index is -0.553. The highest BCUT2D eigenvalue weighted by molar-refractivity contribution is 6.07. The van der Waals surface area contributed by atoms with E-state index in [9.17, 15) is 14.9 Å². The average molecular weight is 373 g/mol. The number of hydrogen-bond donors (Lipinski definition) is 0. The van der Waals surface area contributed by atoms with Gasteiger partial charge in [-0.15, -0.1) is 0 Å². The minimum absolute atomic E-state index is 0.205. The molecule has 0 unspecified atom stereocenters.